The molecule has 4 rings (SSSR count). The lowest BCUT2D eigenvalue weighted by molar-refractivity contribution is 0.683. The Hall–Kier alpha value is -2.34. The molecule has 0 aliphatic carbocycles. The lowest BCUT2D eigenvalue weighted by atomic mass is 9.96. The molecule has 0 spiro atoms. The molecule has 0 amide bonds. The highest BCUT2D eigenvalue weighted by Crippen LogP contribution is 2.26. The van der Waals surface area contributed by atoms with Crippen LogP contribution in [0.15, 0.2) is 30.7 Å². The molecular weight excluding hydrogens is 252 g/mol. The molecule has 0 aromatic carbocycles. The Balaban J connectivity index is 1.78. The predicted octanol–water partition coefficient (Wildman–Crippen LogP) is 0.427. The van der Waals surface area contributed by atoms with Crippen molar-refractivity contribution in [3.63, 3.8) is 0 Å². The fourth-order valence-electron chi connectivity index (χ4n) is 2.75. The van der Waals surface area contributed by atoms with Gasteiger partial charge in [0.05, 0.1) is 11.4 Å². The maximum Gasteiger partial charge on any atom is 0.116 e. The van der Waals surface area contributed by atoms with Crippen LogP contribution >= 0.6 is 0 Å². The second-order valence-corrected chi connectivity index (χ2v) is 4.98. The van der Waals surface area contributed by atoms with Gasteiger partial charge in [0.15, 0.2) is 0 Å². The van der Waals surface area contributed by atoms with E-state index < -0.39 is 0 Å². The molecule has 2 aromatic heterocycles. The van der Waals surface area contributed by atoms with Gasteiger partial charge in [-0.1, -0.05) is 0 Å². The number of fused-ring (bicyclic) bond motifs is 2. The van der Waals surface area contributed by atoms with E-state index in [1.807, 2.05) is 12.4 Å². The zero-order valence-corrected chi connectivity index (χ0v) is 10.9. The van der Waals surface area contributed by atoms with Gasteiger partial charge in [0.1, 0.15) is 12.7 Å². The molecule has 0 atom stereocenters. The van der Waals surface area contributed by atoms with Gasteiger partial charge in [-0.25, -0.2) is 19.9 Å². The van der Waals surface area contributed by atoms with Crippen molar-refractivity contribution in [2.75, 3.05) is 6.54 Å². The van der Waals surface area contributed by atoms with Crippen molar-refractivity contribution in [1.82, 2.24) is 30.6 Å². The van der Waals surface area contributed by atoms with Crippen LogP contribution in [-0.2, 0) is 19.5 Å². The van der Waals surface area contributed by atoms with Crippen molar-refractivity contribution in [2.24, 2.45) is 0 Å². The lowest BCUT2D eigenvalue weighted by Gasteiger charge is -2.26. The van der Waals surface area contributed by atoms with Gasteiger partial charge in [0, 0.05) is 60.8 Å². The summed E-state index contributed by atoms with van der Waals surface area (Å²) in [6.07, 6.45) is 7.80. The number of allylic oxidation sites excluding steroid dienone is 1. The van der Waals surface area contributed by atoms with Crippen LogP contribution in [0.1, 0.15) is 22.5 Å². The van der Waals surface area contributed by atoms with E-state index in [1.165, 1.54) is 16.8 Å². The van der Waals surface area contributed by atoms with E-state index in [9.17, 15) is 0 Å². The van der Waals surface area contributed by atoms with Gasteiger partial charge in [0.2, 0.25) is 0 Å². The fourth-order valence-corrected chi connectivity index (χ4v) is 2.75. The Bertz CT molecular complexity index is 694. The number of nitrogens with one attached hydrogen (secondary N) is 2. The summed E-state index contributed by atoms with van der Waals surface area (Å²) < 4.78 is 0. The Morgan fingerprint density at radius 2 is 1.75 bits per heavy atom. The number of hydrogen-bond acceptors (Lipinski definition) is 6. The van der Waals surface area contributed by atoms with Crippen LogP contribution in [-0.4, -0.2) is 26.5 Å². The smallest absolute Gasteiger partial charge is 0.116 e. The monoisotopic (exact) mass is 266 g/mol. The average Bonchev–Trinajstić information content (AvgIpc) is 2.54. The van der Waals surface area contributed by atoms with Crippen LogP contribution in [0.3, 0.4) is 0 Å². The first-order valence-electron chi connectivity index (χ1n) is 6.65. The topological polar surface area (TPSA) is 75.6 Å². The second kappa shape index (κ2) is 4.64. The van der Waals surface area contributed by atoms with E-state index in [0.29, 0.717) is 0 Å². The minimum atomic E-state index is 0.773. The number of hydrogen-bond donors (Lipinski definition) is 2. The van der Waals surface area contributed by atoms with Crippen LogP contribution in [0.5, 0.6) is 0 Å². The predicted molar refractivity (Wildman–Crippen MR) is 73.2 cm³/mol. The molecule has 0 fully saturated rings. The first-order valence-corrected chi connectivity index (χ1v) is 6.65. The van der Waals surface area contributed by atoms with Crippen LogP contribution in [0, 0.1) is 0 Å². The zero-order valence-electron chi connectivity index (χ0n) is 10.9. The number of rotatable bonds is 0. The highest BCUT2D eigenvalue weighted by molar-refractivity contribution is 5.71. The Morgan fingerprint density at radius 1 is 0.900 bits per heavy atom. The molecule has 2 aliphatic heterocycles. The quantitative estimate of drug-likeness (QED) is 0.720. The molecule has 2 aromatic rings. The van der Waals surface area contributed by atoms with Gasteiger partial charge in [-0.05, 0) is 0 Å². The highest BCUT2D eigenvalue weighted by Gasteiger charge is 2.22. The van der Waals surface area contributed by atoms with Crippen LogP contribution in [0.25, 0.3) is 5.57 Å². The van der Waals surface area contributed by atoms with E-state index >= 15 is 0 Å². The average molecular weight is 266 g/mol. The molecule has 100 valence electrons. The van der Waals surface area contributed by atoms with Gasteiger partial charge >= 0.3 is 0 Å². The zero-order chi connectivity index (χ0) is 13.4. The summed E-state index contributed by atoms with van der Waals surface area (Å²) in [5, 5.41) is 6.89. The molecule has 0 unspecified atom stereocenters. The van der Waals surface area contributed by atoms with Crippen molar-refractivity contribution in [3.05, 3.63) is 53.3 Å². The van der Waals surface area contributed by atoms with Crippen molar-refractivity contribution in [1.29, 1.82) is 0 Å². The Morgan fingerprint density at radius 3 is 2.70 bits per heavy atom. The third-order valence-electron chi connectivity index (χ3n) is 3.77. The van der Waals surface area contributed by atoms with Gasteiger partial charge < -0.3 is 10.6 Å². The first-order chi connectivity index (χ1) is 9.92. The molecule has 0 saturated carbocycles. The molecule has 4 heterocycles. The summed E-state index contributed by atoms with van der Waals surface area (Å²) >= 11 is 0. The van der Waals surface area contributed by atoms with E-state index in [-0.39, 0.29) is 0 Å². The van der Waals surface area contributed by atoms with Gasteiger partial charge in [-0.3, -0.25) is 0 Å². The summed E-state index contributed by atoms with van der Waals surface area (Å²) in [7, 11) is 0. The first kappa shape index (κ1) is 11.5. The lowest BCUT2D eigenvalue weighted by Crippen LogP contribution is -2.30. The summed E-state index contributed by atoms with van der Waals surface area (Å²) in [5.41, 5.74) is 6.89. The van der Waals surface area contributed by atoms with Crippen LogP contribution < -0.4 is 10.6 Å². The van der Waals surface area contributed by atoms with E-state index in [1.54, 1.807) is 12.7 Å². The van der Waals surface area contributed by atoms with E-state index in [2.05, 4.69) is 30.6 Å². The van der Waals surface area contributed by atoms with Crippen LogP contribution in [0.2, 0.25) is 0 Å². The van der Waals surface area contributed by atoms with Gasteiger partial charge in [-0.2, -0.15) is 0 Å². The summed E-state index contributed by atoms with van der Waals surface area (Å²) in [4.78, 5) is 17.0. The SMILES string of the molecule is c1ncc2c(n1)CC(=C1CNCc3cncnc31)NC2. The van der Waals surface area contributed by atoms with Gasteiger partial charge in [0.25, 0.3) is 0 Å². The van der Waals surface area contributed by atoms with Crippen molar-refractivity contribution >= 4 is 5.57 Å². The van der Waals surface area contributed by atoms with Crippen molar-refractivity contribution in [2.45, 2.75) is 19.5 Å². The maximum atomic E-state index is 4.45. The normalized spacial score (nSPS) is 20.8. The third-order valence-corrected chi connectivity index (χ3v) is 3.77. The second-order valence-electron chi connectivity index (χ2n) is 4.98. The third kappa shape index (κ3) is 1.85. The largest absolute Gasteiger partial charge is 0.383 e. The van der Waals surface area contributed by atoms with Crippen molar-refractivity contribution in [3.8, 4) is 0 Å². The Kier molecular flexibility index (Phi) is 2.67. The molecule has 2 N–H and O–H groups in total. The molecule has 2 aliphatic rings. The molecule has 0 bridgehead atoms. The molecule has 0 saturated heterocycles. The van der Waals surface area contributed by atoms with E-state index in [4.69, 9.17) is 0 Å². The minimum Gasteiger partial charge on any atom is -0.383 e. The number of aromatic nitrogens is 4. The molecular formula is C14H14N6. The van der Waals surface area contributed by atoms with E-state index in [0.717, 1.165) is 43.0 Å². The standard InChI is InChI=1S/C14H14N6/c1-12-9(2-16-7-19-12)5-18-13(1)11-6-15-3-10-4-17-8-20-14(10)11/h2,4,7-8,15,18H,1,3,5-6H2. The highest BCUT2D eigenvalue weighted by atomic mass is 15.0. The fraction of sp³-hybridized carbons (Fsp3) is 0.286. The van der Waals surface area contributed by atoms with Gasteiger partial charge in [-0.15, -0.1) is 0 Å². The maximum absolute atomic E-state index is 4.45. The number of nitrogens with zero attached hydrogens (tertiary/aromatic N) is 4. The molecule has 6 heteroatoms. The Labute approximate surface area is 116 Å². The summed E-state index contributed by atoms with van der Waals surface area (Å²) in [6, 6.07) is 0. The van der Waals surface area contributed by atoms with Crippen LogP contribution in [0.4, 0.5) is 0 Å². The molecule has 0 radical (unpaired) electrons. The molecule has 6 nitrogen and oxygen atoms in total. The molecule has 20 heavy (non-hydrogen) atoms. The summed E-state index contributed by atoms with van der Waals surface area (Å²) in [5.74, 6) is 0. The minimum absolute atomic E-state index is 0.773. The summed E-state index contributed by atoms with van der Waals surface area (Å²) in [6.45, 7) is 2.42. The van der Waals surface area contributed by atoms with Crippen molar-refractivity contribution < 1.29 is 0 Å².